The van der Waals surface area contributed by atoms with E-state index in [0.29, 0.717) is 12.0 Å². The highest BCUT2D eigenvalue weighted by atomic mass is 32.2. The number of amides is 1. The van der Waals surface area contributed by atoms with Gasteiger partial charge in [-0.25, -0.2) is 21.9 Å². The van der Waals surface area contributed by atoms with E-state index in [1.54, 1.807) is 24.3 Å². The first kappa shape index (κ1) is 26.7. The van der Waals surface area contributed by atoms with E-state index in [9.17, 15) is 26.4 Å². The van der Waals surface area contributed by atoms with Gasteiger partial charge < -0.3 is 10.5 Å². The maximum absolute atomic E-state index is 14.9. The Kier molecular flexibility index (Phi) is 7.61. The van der Waals surface area contributed by atoms with Gasteiger partial charge in [-0.2, -0.15) is 4.39 Å². The summed E-state index contributed by atoms with van der Waals surface area (Å²) in [5.41, 5.74) is 6.02. The summed E-state index contributed by atoms with van der Waals surface area (Å²) in [4.78, 5) is 12.5. The quantitative estimate of drug-likeness (QED) is 0.425. The third kappa shape index (κ3) is 6.14. The van der Waals surface area contributed by atoms with Gasteiger partial charge in [0.1, 0.15) is 12.4 Å². The Morgan fingerprint density at radius 1 is 1.08 bits per heavy atom. The minimum absolute atomic E-state index is 0.0121. The zero-order valence-electron chi connectivity index (χ0n) is 20.1. The summed E-state index contributed by atoms with van der Waals surface area (Å²) in [7, 11) is -3.50. The topological polar surface area (TPSA) is 98.5 Å². The number of carbonyl (C=O) groups is 1. The molecule has 0 bridgehead atoms. The van der Waals surface area contributed by atoms with Crippen LogP contribution >= 0.6 is 0 Å². The fourth-order valence-corrected chi connectivity index (χ4v) is 5.68. The largest absolute Gasteiger partial charge is 0.485 e. The molecule has 1 saturated carbocycles. The van der Waals surface area contributed by atoms with E-state index in [-0.39, 0.29) is 42.7 Å². The first-order valence-corrected chi connectivity index (χ1v) is 13.6. The van der Waals surface area contributed by atoms with Gasteiger partial charge in [0.25, 0.3) is 0 Å². The summed E-state index contributed by atoms with van der Waals surface area (Å²) in [6.07, 6.45) is 1.72. The fourth-order valence-electron chi connectivity index (χ4n) is 4.87. The van der Waals surface area contributed by atoms with E-state index < -0.39 is 44.8 Å². The minimum Gasteiger partial charge on any atom is -0.485 e. The highest BCUT2D eigenvalue weighted by Gasteiger charge is 2.45. The summed E-state index contributed by atoms with van der Waals surface area (Å²) >= 11 is 0. The Morgan fingerprint density at radius 2 is 1.78 bits per heavy atom. The number of sulfonamides is 1. The summed E-state index contributed by atoms with van der Waals surface area (Å²) in [5.74, 6) is -3.83. The van der Waals surface area contributed by atoms with Crippen LogP contribution in [0.15, 0.2) is 60.7 Å². The molecule has 2 atom stereocenters. The molecular formula is C27H27F3N2O4S. The summed E-state index contributed by atoms with van der Waals surface area (Å²) in [6, 6.07) is 14.8. The van der Waals surface area contributed by atoms with Crippen molar-refractivity contribution in [3.8, 4) is 16.9 Å². The maximum Gasteiger partial charge on any atom is 0.224 e. The van der Waals surface area contributed by atoms with Crippen molar-refractivity contribution in [3.63, 3.8) is 0 Å². The Bertz CT molecular complexity index is 1420. The molecule has 3 aromatic carbocycles. The van der Waals surface area contributed by atoms with Gasteiger partial charge in [0, 0.05) is 11.6 Å². The lowest BCUT2D eigenvalue weighted by molar-refractivity contribution is -0.127. The maximum atomic E-state index is 14.9. The van der Waals surface area contributed by atoms with Crippen molar-refractivity contribution >= 4 is 15.9 Å². The van der Waals surface area contributed by atoms with Gasteiger partial charge in [-0.05, 0) is 66.6 Å². The molecule has 0 saturated heterocycles. The predicted octanol–water partition coefficient (Wildman–Crippen LogP) is 4.47. The van der Waals surface area contributed by atoms with Crippen LogP contribution in [-0.4, -0.2) is 26.6 Å². The van der Waals surface area contributed by atoms with Crippen molar-refractivity contribution in [1.29, 1.82) is 0 Å². The van der Waals surface area contributed by atoms with Crippen LogP contribution in [0.5, 0.6) is 5.75 Å². The smallest absolute Gasteiger partial charge is 0.224 e. The number of halogens is 3. The van der Waals surface area contributed by atoms with E-state index >= 15 is 0 Å². The third-order valence-electron chi connectivity index (χ3n) is 6.67. The molecule has 3 N–H and O–H groups in total. The molecule has 10 heteroatoms. The minimum atomic E-state index is -3.50. The Balaban J connectivity index is 1.66. The molecule has 0 unspecified atom stereocenters. The predicted molar refractivity (Wildman–Crippen MR) is 133 cm³/mol. The SMILES string of the molecule is CS(=O)(=O)N[C@H]1CC[C@](Cc2cc(-c3ccc(F)c(F)c3OCc3ccccc3)ccc2F)(C(N)=O)C1. The summed E-state index contributed by atoms with van der Waals surface area (Å²) in [5, 5.41) is 0. The standard InChI is InChI=1S/C27H27F3N2O4S/c1-37(34,35)32-20-11-12-27(15-20,26(31)33)14-19-13-18(7-9-22(19)28)21-8-10-23(29)24(30)25(21)36-16-17-5-3-2-4-6-17/h2-10,13,20,32H,11-12,14-16H2,1H3,(H2,31,33)/t20-,27+/m0/s1. The van der Waals surface area contributed by atoms with Gasteiger partial charge in [0.2, 0.25) is 21.7 Å². The van der Waals surface area contributed by atoms with E-state index in [0.717, 1.165) is 17.9 Å². The zero-order valence-corrected chi connectivity index (χ0v) is 21.0. The molecule has 0 aliphatic heterocycles. The molecule has 1 fully saturated rings. The third-order valence-corrected chi connectivity index (χ3v) is 7.43. The molecule has 0 heterocycles. The van der Waals surface area contributed by atoms with Crippen LogP contribution in [-0.2, 0) is 27.8 Å². The number of carbonyl (C=O) groups excluding carboxylic acids is 1. The van der Waals surface area contributed by atoms with Crippen molar-refractivity contribution in [2.75, 3.05) is 6.26 Å². The summed E-state index contributed by atoms with van der Waals surface area (Å²) in [6.45, 7) is -0.0121. The van der Waals surface area contributed by atoms with Crippen molar-refractivity contribution in [1.82, 2.24) is 4.72 Å². The lowest BCUT2D eigenvalue weighted by Crippen LogP contribution is -2.40. The zero-order chi connectivity index (χ0) is 26.8. The van der Waals surface area contributed by atoms with Crippen molar-refractivity contribution in [2.45, 2.75) is 38.3 Å². The van der Waals surface area contributed by atoms with Gasteiger partial charge in [0.05, 0.1) is 11.7 Å². The van der Waals surface area contributed by atoms with Crippen LogP contribution in [0.2, 0.25) is 0 Å². The molecule has 4 rings (SSSR count). The number of hydrogen-bond acceptors (Lipinski definition) is 4. The number of ether oxygens (including phenoxy) is 1. The molecule has 0 spiro atoms. The van der Waals surface area contributed by atoms with Crippen molar-refractivity contribution in [3.05, 3.63) is 89.2 Å². The van der Waals surface area contributed by atoms with Crippen LogP contribution in [0, 0.1) is 22.9 Å². The van der Waals surface area contributed by atoms with Crippen LogP contribution in [0.4, 0.5) is 13.2 Å². The van der Waals surface area contributed by atoms with Crippen molar-refractivity contribution < 1.29 is 31.1 Å². The van der Waals surface area contributed by atoms with Gasteiger partial charge in [-0.1, -0.05) is 36.4 Å². The van der Waals surface area contributed by atoms with E-state index in [2.05, 4.69) is 4.72 Å². The van der Waals surface area contributed by atoms with Gasteiger partial charge in [-0.3, -0.25) is 4.79 Å². The van der Waals surface area contributed by atoms with E-state index in [4.69, 9.17) is 10.5 Å². The van der Waals surface area contributed by atoms with Gasteiger partial charge in [-0.15, -0.1) is 0 Å². The molecule has 37 heavy (non-hydrogen) atoms. The number of rotatable bonds is 9. The molecule has 0 aromatic heterocycles. The van der Waals surface area contributed by atoms with Crippen LogP contribution < -0.4 is 15.2 Å². The molecule has 196 valence electrons. The summed E-state index contributed by atoms with van der Waals surface area (Å²) < 4.78 is 75.3. The van der Waals surface area contributed by atoms with Crippen LogP contribution in [0.1, 0.15) is 30.4 Å². The number of hydrogen-bond donors (Lipinski definition) is 2. The van der Waals surface area contributed by atoms with Crippen LogP contribution in [0.3, 0.4) is 0 Å². The Hall–Kier alpha value is -3.37. The average Bonchev–Trinajstić information content (AvgIpc) is 3.24. The molecule has 1 aliphatic carbocycles. The Labute approximate surface area is 213 Å². The van der Waals surface area contributed by atoms with E-state index in [1.807, 2.05) is 6.07 Å². The normalized spacial score (nSPS) is 19.6. The second-order valence-electron chi connectivity index (χ2n) is 9.47. The molecule has 1 aliphatic rings. The molecule has 1 amide bonds. The lowest BCUT2D eigenvalue weighted by atomic mass is 9.78. The second kappa shape index (κ2) is 10.5. The monoisotopic (exact) mass is 532 g/mol. The Morgan fingerprint density at radius 3 is 2.46 bits per heavy atom. The van der Waals surface area contributed by atoms with Crippen LogP contribution in [0.25, 0.3) is 11.1 Å². The van der Waals surface area contributed by atoms with Gasteiger partial charge in [0.15, 0.2) is 11.6 Å². The molecular weight excluding hydrogens is 505 g/mol. The lowest BCUT2D eigenvalue weighted by Gasteiger charge is -2.26. The number of primary amides is 1. The molecule has 0 radical (unpaired) electrons. The van der Waals surface area contributed by atoms with Crippen molar-refractivity contribution in [2.24, 2.45) is 11.1 Å². The highest BCUT2D eigenvalue weighted by molar-refractivity contribution is 7.88. The number of nitrogens with one attached hydrogen (secondary N) is 1. The van der Waals surface area contributed by atoms with E-state index in [1.165, 1.54) is 24.3 Å². The number of nitrogens with two attached hydrogens (primary N) is 1. The number of benzene rings is 3. The average molecular weight is 533 g/mol. The van der Waals surface area contributed by atoms with Gasteiger partial charge >= 0.3 is 0 Å². The fraction of sp³-hybridized carbons (Fsp3) is 0.296. The first-order valence-electron chi connectivity index (χ1n) is 11.7. The first-order chi connectivity index (χ1) is 17.5. The highest BCUT2D eigenvalue weighted by Crippen LogP contribution is 2.43. The molecule has 3 aromatic rings. The second-order valence-corrected chi connectivity index (χ2v) is 11.2. The molecule has 6 nitrogen and oxygen atoms in total.